The van der Waals surface area contributed by atoms with E-state index in [1.54, 1.807) is 0 Å². The zero-order valence-electron chi connectivity index (χ0n) is 13.9. The molecule has 0 unspecified atom stereocenters. The monoisotopic (exact) mass is 297 g/mol. The maximum Gasteiger partial charge on any atom is 0.305 e. The summed E-state index contributed by atoms with van der Waals surface area (Å²) in [6, 6.07) is 0. The fraction of sp³-hybridized carbons (Fsp3) is 0.833. The first-order valence-corrected chi connectivity index (χ1v) is 8.82. The molecular weight excluding hydrogens is 262 g/mol. The second kappa shape index (κ2) is 17.2. The van der Waals surface area contributed by atoms with Crippen molar-refractivity contribution in [3.63, 3.8) is 0 Å². The van der Waals surface area contributed by atoms with E-state index in [9.17, 15) is 4.79 Å². The summed E-state index contributed by atoms with van der Waals surface area (Å²) < 4.78 is 4.90. The number of esters is 1. The number of rotatable bonds is 15. The third kappa shape index (κ3) is 17.1. The van der Waals surface area contributed by atoms with Gasteiger partial charge in [0, 0.05) is 6.42 Å². The third-order valence-electron chi connectivity index (χ3n) is 3.55. The zero-order chi connectivity index (χ0) is 15.6. The highest BCUT2D eigenvalue weighted by Gasteiger charge is 1.99. The van der Waals surface area contributed by atoms with E-state index >= 15 is 0 Å². The van der Waals surface area contributed by atoms with E-state index in [1.807, 2.05) is 6.92 Å². The first-order valence-electron chi connectivity index (χ1n) is 8.82. The quantitative estimate of drug-likeness (QED) is 0.270. The first-order chi connectivity index (χ1) is 10.3. The molecule has 0 aliphatic carbocycles. The van der Waals surface area contributed by atoms with Crippen LogP contribution in [-0.4, -0.2) is 19.1 Å². The number of hydrogen-bond donors (Lipinski definition) is 1. The van der Waals surface area contributed by atoms with Gasteiger partial charge in [-0.1, -0.05) is 44.3 Å². The summed E-state index contributed by atoms with van der Waals surface area (Å²) in [4.78, 5) is 11.1. The molecule has 0 aromatic rings. The summed E-state index contributed by atoms with van der Waals surface area (Å²) in [5.74, 6) is -0.0520. The van der Waals surface area contributed by atoms with Gasteiger partial charge in [-0.2, -0.15) is 0 Å². The fourth-order valence-corrected chi connectivity index (χ4v) is 2.29. The molecule has 0 aliphatic heterocycles. The van der Waals surface area contributed by atoms with Gasteiger partial charge in [-0.05, 0) is 52.0 Å². The molecule has 0 amide bonds. The molecule has 0 saturated heterocycles. The summed E-state index contributed by atoms with van der Waals surface area (Å²) >= 11 is 0. The highest BCUT2D eigenvalue weighted by atomic mass is 16.5. The van der Waals surface area contributed by atoms with Gasteiger partial charge in [-0.15, -0.1) is 0 Å². The Hall–Kier alpha value is -0.830. The molecule has 0 bridgehead atoms. The van der Waals surface area contributed by atoms with E-state index in [1.165, 1.54) is 57.8 Å². The standard InChI is InChI=1S/C18H35NO2/c1-2-21-18(20)16-14-12-10-8-6-4-3-5-7-9-11-13-15-17-19/h3-4H,2,5-17,19H2,1H3. The van der Waals surface area contributed by atoms with Crippen LogP contribution in [0.5, 0.6) is 0 Å². The maximum atomic E-state index is 11.1. The van der Waals surface area contributed by atoms with Crippen LogP contribution in [0.4, 0.5) is 0 Å². The lowest BCUT2D eigenvalue weighted by molar-refractivity contribution is -0.143. The predicted molar refractivity (Wildman–Crippen MR) is 90.2 cm³/mol. The van der Waals surface area contributed by atoms with Crippen molar-refractivity contribution < 1.29 is 9.53 Å². The van der Waals surface area contributed by atoms with E-state index in [0.717, 1.165) is 19.4 Å². The van der Waals surface area contributed by atoms with E-state index < -0.39 is 0 Å². The molecule has 3 heteroatoms. The Morgan fingerprint density at radius 2 is 1.38 bits per heavy atom. The molecule has 0 aliphatic rings. The molecule has 0 heterocycles. The summed E-state index contributed by atoms with van der Waals surface area (Å²) in [5.41, 5.74) is 5.46. The van der Waals surface area contributed by atoms with Gasteiger partial charge in [-0.25, -0.2) is 0 Å². The van der Waals surface area contributed by atoms with Gasteiger partial charge < -0.3 is 10.5 Å². The van der Waals surface area contributed by atoms with Crippen molar-refractivity contribution in [1.82, 2.24) is 0 Å². The Kier molecular flexibility index (Phi) is 16.5. The van der Waals surface area contributed by atoms with Gasteiger partial charge in [0.1, 0.15) is 0 Å². The van der Waals surface area contributed by atoms with Gasteiger partial charge in [0.05, 0.1) is 6.61 Å². The number of unbranched alkanes of at least 4 members (excludes halogenated alkanes) is 9. The van der Waals surface area contributed by atoms with Crippen molar-refractivity contribution in [2.24, 2.45) is 5.73 Å². The summed E-state index contributed by atoms with van der Waals surface area (Å²) in [6.07, 6.45) is 18.6. The van der Waals surface area contributed by atoms with Crippen molar-refractivity contribution >= 4 is 5.97 Å². The lowest BCUT2D eigenvalue weighted by atomic mass is 10.1. The van der Waals surface area contributed by atoms with E-state index in [2.05, 4.69) is 12.2 Å². The lowest BCUT2D eigenvalue weighted by Crippen LogP contribution is -2.02. The Bertz CT molecular complexity index is 252. The maximum absolute atomic E-state index is 11.1. The Morgan fingerprint density at radius 3 is 1.95 bits per heavy atom. The number of hydrogen-bond acceptors (Lipinski definition) is 3. The number of carbonyl (C=O) groups is 1. The Labute approximate surface area is 131 Å². The molecule has 0 spiro atoms. The molecule has 2 N–H and O–H groups in total. The van der Waals surface area contributed by atoms with Crippen LogP contribution < -0.4 is 5.73 Å². The Balaban J connectivity index is 3.13. The summed E-state index contributed by atoms with van der Waals surface area (Å²) in [7, 11) is 0. The molecule has 0 rings (SSSR count). The van der Waals surface area contributed by atoms with Gasteiger partial charge in [0.25, 0.3) is 0 Å². The van der Waals surface area contributed by atoms with Crippen molar-refractivity contribution in [2.45, 2.75) is 84.0 Å². The smallest absolute Gasteiger partial charge is 0.305 e. The number of nitrogens with two attached hydrogens (primary N) is 1. The van der Waals surface area contributed by atoms with E-state index in [-0.39, 0.29) is 5.97 Å². The minimum absolute atomic E-state index is 0.0520. The van der Waals surface area contributed by atoms with E-state index in [0.29, 0.717) is 13.0 Å². The van der Waals surface area contributed by atoms with E-state index in [4.69, 9.17) is 10.5 Å². The molecule has 0 fully saturated rings. The van der Waals surface area contributed by atoms with Crippen LogP contribution in [0.25, 0.3) is 0 Å². The second-order valence-corrected chi connectivity index (χ2v) is 5.57. The van der Waals surface area contributed by atoms with Gasteiger partial charge in [0.15, 0.2) is 0 Å². The number of ether oxygens (including phenoxy) is 1. The topological polar surface area (TPSA) is 52.3 Å². The lowest BCUT2D eigenvalue weighted by Gasteiger charge is -2.01. The molecule has 0 aromatic heterocycles. The van der Waals surface area contributed by atoms with Crippen molar-refractivity contribution in [3.05, 3.63) is 12.2 Å². The van der Waals surface area contributed by atoms with Crippen LogP contribution in [-0.2, 0) is 9.53 Å². The molecule has 0 aromatic carbocycles. The molecule has 0 radical (unpaired) electrons. The molecule has 0 atom stereocenters. The van der Waals surface area contributed by atoms with Crippen LogP contribution in [0.1, 0.15) is 84.0 Å². The van der Waals surface area contributed by atoms with Crippen molar-refractivity contribution in [3.8, 4) is 0 Å². The van der Waals surface area contributed by atoms with Gasteiger partial charge >= 0.3 is 5.97 Å². The van der Waals surface area contributed by atoms with Gasteiger partial charge in [0.2, 0.25) is 0 Å². The normalized spacial score (nSPS) is 11.1. The van der Waals surface area contributed by atoms with Crippen LogP contribution in [0, 0.1) is 0 Å². The zero-order valence-corrected chi connectivity index (χ0v) is 13.9. The molecular formula is C18H35NO2. The Morgan fingerprint density at radius 1 is 0.857 bits per heavy atom. The SMILES string of the molecule is CCOC(=O)CCCCCCC=CCCCCCCCN. The van der Waals surface area contributed by atoms with Crippen LogP contribution >= 0.6 is 0 Å². The average molecular weight is 297 g/mol. The molecule has 21 heavy (non-hydrogen) atoms. The highest BCUT2D eigenvalue weighted by molar-refractivity contribution is 5.69. The minimum atomic E-state index is -0.0520. The number of carbonyl (C=O) groups excluding carboxylic acids is 1. The number of allylic oxidation sites excluding steroid dienone is 2. The fourth-order valence-electron chi connectivity index (χ4n) is 2.29. The van der Waals surface area contributed by atoms with Crippen LogP contribution in [0.3, 0.4) is 0 Å². The average Bonchev–Trinajstić information content (AvgIpc) is 2.48. The summed E-state index contributed by atoms with van der Waals surface area (Å²) in [6.45, 7) is 3.18. The molecule has 3 nitrogen and oxygen atoms in total. The summed E-state index contributed by atoms with van der Waals surface area (Å²) in [5, 5.41) is 0. The second-order valence-electron chi connectivity index (χ2n) is 5.57. The molecule has 124 valence electrons. The largest absolute Gasteiger partial charge is 0.466 e. The first kappa shape index (κ1) is 20.2. The van der Waals surface area contributed by atoms with Crippen molar-refractivity contribution in [1.29, 1.82) is 0 Å². The predicted octanol–water partition coefficient (Wildman–Crippen LogP) is 4.75. The van der Waals surface area contributed by atoms with Crippen LogP contribution in [0.15, 0.2) is 12.2 Å². The van der Waals surface area contributed by atoms with Crippen molar-refractivity contribution in [2.75, 3.05) is 13.2 Å². The minimum Gasteiger partial charge on any atom is -0.466 e. The van der Waals surface area contributed by atoms with Gasteiger partial charge in [-0.3, -0.25) is 4.79 Å². The van der Waals surface area contributed by atoms with Crippen LogP contribution in [0.2, 0.25) is 0 Å². The molecule has 0 saturated carbocycles. The third-order valence-corrected chi connectivity index (χ3v) is 3.55. The highest BCUT2D eigenvalue weighted by Crippen LogP contribution is 2.08.